The summed E-state index contributed by atoms with van der Waals surface area (Å²) >= 11 is 1.50. The van der Waals surface area contributed by atoms with Crippen molar-refractivity contribution >= 4 is 39.2 Å². The minimum absolute atomic E-state index is 0.190. The zero-order valence-electron chi connectivity index (χ0n) is 16.4. The van der Waals surface area contributed by atoms with Gasteiger partial charge in [-0.15, -0.1) is 11.3 Å². The summed E-state index contributed by atoms with van der Waals surface area (Å²) in [7, 11) is 1.57. The maximum atomic E-state index is 12.3. The molecule has 5 aromatic rings. The zero-order valence-corrected chi connectivity index (χ0v) is 17.2. The van der Waals surface area contributed by atoms with Crippen LogP contribution >= 0.6 is 11.3 Å². The standard InChI is InChI=1S/C24H16O6S/c1-27-20-6-2-4-14-10-21(30-24(14)20)18-13-23(26)29-19-8-7-15(11-17(18)19)28-22(25)12-16-5-3-9-31-16/h2-11,13H,12H2,1H3. The van der Waals surface area contributed by atoms with Crippen molar-refractivity contribution in [3.05, 3.63) is 81.3 Å². The van der Waals surface area contributed by atoms with Crippen LogP contribution in [0, 0.1) is 0 Å². The molecule has 0 atom stereocenters. The molecule has 0 radical (unpaired) electrons. The third kappa shape index (κ3) is 3.71. The number of furan rings is 1. The van der Waals surface area contributed by atoms with E-state index < -0.39 is 5.63 Å². The Morgan fingerprint density at radius 2 is 1.94 bits per heavy atom. The number of para-hydroxylation sites is 1. The summed E-state index contributed by atoms with van der Waals surface area (Å²) in [5, 5.41) is 3.35. The Morgan fingerprint density at radius 1 is 1.03 bits per heavy atom. The fraction of sp³-hybridized carbons (Fsp3) is 0.0833. The molecule has 0 fully saturated rings. The molecule has 0 spiro atoms. The molecule has 0 N–H and O–H groups in total. The van der Waals surface area contributed by atoms with Gasteiger partial charge in [-0.2, -0.15) is 0 Å². The number of benzene rings is 2. The Kier molecular flexibility index (Phi) is 4.80. The minimum atomic E-state index is -0.502. The van der Waals surface area contributed by atoms with Crippen LogP contribution in [0.15, 0.2) is 79.7 Å². The normalized spacial score (nSPS) is 11.1. The molecule has 0 saturated carbocycles. The van der Waals surface area contributed by atoms with E-state index in [1.54, 1.807) is 31.4 Å². The molecular formula is C24H16O6S. The molecule has 0 bridgehead atoms. The van der Waals surface area contributed by atoms with Gasteiger partial charge >= 0.3 is 11.6 Å². The summed E-state index contributed by atoms with van der Waals surface area (Å²) < 4.78 is 22.2. The number of rotatable bonds is 5. The van der Waals surface area contributed by atoms with Gasteiger partial charge in [-0.1, -0.05) is 18.2 Å². The lowest BCUT2D eigenvalue weighted by Crippen LogP contribution is -2.10. The predicted molar refractivity (Wildman–Crippen MR) is 118 cm³/mol. The molecule has 3 heterocycles. The summed E-state index contributed by atoms with van der Waals surface area (Å²) in [4.78, 5) is 25.4. The van der Waals surface area contributed by atoms with Crippen LogP contribution in [0.4, 0.5) is 0 Å². The van der Waals surface area contributed by atoms with Gasteiger partial charge in [-0.3, -0.25) is 4.79 Å². The molecule has 3 aromatic heterocycles. The summed E-state index contributed by atoms with van der Waals surface area (Å²) in [6.07, 6.45) is 0.190. The smallest absolute Gasteiger partial charge is 0.336 e. The SMILES string of the molecule is COc1cccc2cc(-c3cc(=O)oc4ccc(OC(=O)Cc5cccs5)cc34)oc12. The number of fused-ring (bicyclic) bond motifs is 2. The van der Waals surface area contributed by atoms with Crippen LogP contribution in [-0.4, -0.2) is 13.1 Å². The molecule has 0 amide bonds. The highest BCUT2D eigenvalue weighted by atomic mass is 32.1. The Labute approximate surface area is 180 Å². The molecule has 0 saturated heterocycles. The number of ether oxygens (including phenoxy) is 2. The second-order valence-electron chi connectivity index (χ2n) is 6.86. The first-order chi connectivity index (χ1) is 15.1. The molecule has 0 aliphatic carbocycles. The summed E-state index contributed by atoms with van der Waals surface area (Å²) in [5.41, 5.74) is 0.992. The van der Waals surface area contributed by atoms with Crippen LogP contribution in [0.25, 0.3) is 33.3 Å². The largest absolute Gasteiger partial charge is 0.493 e. The summed E-state index contributed by atoms with van der Waals surface area (Å²) in [5.74, 6) is 1.07. The van der Waals surface area contributed by atoms with E-state index in [4.69, 9.17) is 18.3 Å². The lowest BCUT2D eigenvalue weighted by Gasteiger charge is -2.07. The van der Waals surface area contributed by atoms with Crippen LogP contribution in [-0.2, 0) is 11.2 Å². The van der Waals surface area contributed by atoms with Gasteiger partial charge in [0.25, 0.3) is 0 Å². The average molecular weight is 432 g/mol. The highest BCUT2D eigenvalue weighted by Crippen LogP contribution is 2.36. The fourth-order valence-corrected chi connectivity index (χ4v) is 4.15. The van der Waals surface area contributed by atoms with Gasteiger partial charge in [0, 0.05) is 27.3 Å². The zero-order chi connectivity index (χ0) is 21.4. The Bertz CT molecular complexity index is 1460. The molecule has 0 aliphatic heterocycles. The van der Waals surface area contributed by atoms with Crippen LogP contribution in [0.3, 0.4) is 0 Å². The Hall–Kier alpha value is -3.84. The number of thiophene rings is 1. The lowest BCUT2D eigenvalue weighted by atomic mass is 10.1. The summed E-state index contributed by atoms with van der Waals surface area (Å²) in [6, 6.07) is 17.4. The van der Waals surface area contributed by atoms with Crippen molar-refractivity contribution in [2.75, 3.05) is 7.11 Å². The van der Waals surface area contributed by atoms with Crippen LogP contribution in [0.5, 0.6) is 11.5 Å². The highest BCUT2D eigenvalue weighted by molar-refractivity contribution is 7.10. The van der Waals surface area contributed by atoms with E-state index in [1.807, 2.05) is 35.7 Å². The van der Waals surface area contributed by atoms with Crippen molar-refractivity contribution in [1.29, 1.82) is 0 Å². The van der Waals surface area contributed by atoms with E-state index in [1.165, 1.54) is 17.4 Å². The molecule has 2 aromatic carbocycles. The average Bonchev–Trinajstić information content (AvgIpc) is 3.42. The third-order valence-electron chi connectivity index (χ3n) is 4.84. The van der Waals surface area contributed by atoms with Gasteiger partial charge < -0.3 is 18.3 Å². The second kappa shape index (κ2) is 7.77. The number of methoxy groups -OCH3 is 1. The Morgan fingerprint density at radius 3 is 2.74 bits per heavy atom. The molecule has 0 unspecified atom stereocenters. The minimum Gasteiger partial charge on any atom is -0.493 e. The summed E-state index contributed by atoms with van der Waals surface area (Å²) in [6.45, 7) is 0. The first-order valence-electron chi connectivity index (χ1n) is 9.48. The lowest BCUT2D eigenvalue weighted by molar-refractivity contribution is -0.133. The number of hydrogen-bond acceptors (Lipinski definition) is 7. The highest BCUT2D eigenvalue weighted by Gasteiger charge is 2.16. The maximum Gasteiger partial charge on any atom is 0.336 e. The molecule has 7 heteroatoms. The van der Waals surface area contributed by atoms with Crippen molar-refractivity contribution in [1.82, 2.24) is 0 Å². The first kappa shape index (κ1) is 19.1. The molecule has 6 nitrogen and oxygen atoms in total. The van der Waals surface area contributed by atoms with Gasteiger partial charge in [0.2, 0.25) is 0 Å². The van der Waals surface area contributed by atoms with Crippen LogP contribution < -0.4 is 15.1 Å². The van der Waals surface area contributed by atoms with Crippen molar-refractivity contribution in [2.24, 2.45) is 0 Å². The fourth-order valence-electron chi connectivity index (χ4n) is 3.46. The number of carbonyl (C=O) groups is 1. The second-order valence-corrected chi connectivity index (χ2v) is 7.89. The number of hydrogen-bond donors (Lipinski definition) is 0. The first-order valence-corrected chi connectivity index (χ1v) is 10.4. The molecule has 154 valence electrons. The molecule has 0 aliphatic rings. The topological polar surface area (TPSA) is 78.9 Å². The van der Waals surface area contributed by atoms with E-state index in [9.17, 15) is 9.59 Å². The Balaban J connectivity index is 1.57. The van der Waals surface area contributed by atoms with Gasteiger partial charge in [0.15, 0.2) is 11.3 Å². The van der Waals surface area contributed by atoms with Gasteiger partial charge in [-0.25, -0.2) is 4.79 Å². The van der Waals surface area contributed by atoms with Crippen LogP contribution in [0.2, 0.25) is 0 Å². The monoisotopic (exact) mass is 432 g/mol. The van der Waals surface area contributed by atoms with Gasteiger partial charge in [0.05, 0.1) is 13.5 Å². The third-order valence-corrected chi connectivity index (χ3v) is 5.71. The molecule has 5 rings (SSSR count). The van der Waals surface area contributed by atoms with E-state index in [0.717, 1.165) is 10.3 Å². The van der Waals surface area contributed by atoms with Crippen molar-refractivity contribution < 1.29 is 23.1 Å². The molecule has 31 heavy (non-hydrogen) atoms. The van der Waals surface area contributed by atoms with E-state index in [-0.39, 0.29) is 12.4 Å². The van der Waals surface area contributed by atoms with E-state index in [2.05, 4.69) is 0 Å². The van der Waals surface area contributed by atoms with Crippen molar-refractivity contribution in [2.45, 2.75) is 6.42 Å². The number of esters is 1. The number of carbonyl (C=O) groups excluding carboxylic acids is 1. The van der Waals surface area contributed by atoms with Crippen molar-refractivity contribution in [3.8, 4) is 22.8 Å². The van der Waals surface area contributed by atoms with E-state index in [0.29, 0.717) is 39.4 Å². The van der Waals surface area contributed by atoms with E-state index >= 15 is 0 Å². The van der Waals surface area contributed by atoms with Crippen molar-refractivity contribution in [3.63, 3.8) is 0 Å². The maximum absolute atomic E-state index is 12.3. The predicted octanol–water partition coefficient (Wildman–Crippen LogP) is 5.42. The quantitative estimate of drug-likeness (QED) is 0.209. The molecular weight excluding hydrogens is 416 g/mol. The van der Waals surface area contributed by atoms with Crippen LogP contribution in [0.1, 0.15) is 4.88 Å². The van der Waals surface area contributed by atoms with Gasteiger partial charge in [0.1, 0.15) is 17.1 Å². The van der Waals surface area contributed by atoms with Gasteiger partial charge in [-0.05, 0) is 41.8 Å².